The van der Waals surface area contributed by atoms with Crippen LogP contribution in [0.3, 0.4) is 0 Å². The molecular formula is C27H32N2O4S. The first-order valence-electron chi connectivity index (χ1n) is 11.6. The monoisotopic (exact) mass is 480 g/mol. The quantitative estimate of drug-likeness (QED) is 0.348. The maximum Gasteiger partial charge on any atom is 0.327 e. The normalized spacial score (nSPS) is 11.1. The van der Waals surface area contributed by atoms with Crippen LogP contribution in [0, 0.1) is 11.8 Å². The number of urea groups is 1. The first-order chi connectivity index (χ1) is 16.5. The highest BCUT2D eigenvalue weighted by molar-refractivity contribution is 7.99. The highest BCUT2D eigenvalue weighted by Crippen LogP contribution is 2.12. The fraction of sp³-hybridized carbons (Fsp3) is 0.370. The number of carbonyl (C=O) groups is 3. The minimum absolute atomic E-state index is 0.181. The number of nitrogens with one attached hydrogen (secondary N) is 1. The molecule has 34 heavy (non-hydrogen) atoms. The van der Waals surface area contributed by atoms with Crippen molar-refractivity contribution in [2.75, 3.05) is 18.1 Å². The van der Waals surface area contributed by atoms with E-state index in [0.29, 0.717) is 17.5 Å². The number of hydrogen-bond donors (Lipinski definition) is 2. The van der Waals surface area contributed by atoms with Crippen molar-refractivity contribution in [3.8, 4) is 11.8 Å². The van der Waals surface area contributed by atoms with Crippen molar-refractivity contribution in [3.63, 3.8) is 0 Å². The van der Waals surface area contributed by atoms with E-state index < -0.39 is 23.9 Å². The van der Waals surface area contributed by atoms with E-state index in [0.717, 1.165) is 35.5 Å². The summed E-state index contributed by atoms with van der Waals surface area (Å²) in [7, 11) is 0. The molecule has 180 valence electrons. The largest absolute Gasteiger partial charge is 0.480 e. The number of carboxylic acid groups (broad SMARTS) is 1. The number of carbonyl (C=O) groups excluding carboxylic acids is 2. The van der Waals surface area contributed by atoms with Gasteiger partial charge in [-0.1, -0.05) is 62.8 Å². The van der Waals surface area contributed by atoms with Gasteiger partial charge >= 0.3 is 12.0 Å². The molecule has 2 N–H and O–H groups in total. The summed E-state index contributed by atoms with van der Waals surface area (Å²) in [5, 5.41) is 12.1. The van der Waals surface area contributed by atoms with Crippen molar-refractivity contribution in [1.29, 1.82) is 0 Å². The Morgan fingerprint density at radius 2 is 1.68 bits per heavy atom. The summed E-state index contributed by atoms with van der Waals surface area (Å²) >= 11 is 1.49. The molecule has 0 aliphatic heterocycles. The number of amides is 3. The number of imide groups is 1. The maximum absolute atomic E-state index is 13.2. The van der Waals surface area contributed by atoms with Gasteiger partial charge in [0.15, 0.2) is 0 Å². The predicted octanol–water partition coefficient (Wildman–Crippen LogP) is 5.02. The van der Waals surface area contributed by atoms with E-state index in [2.05, 4.69) is 24.1 Å². The molecular weight excluding hydrogens is 448 g/mol. The SMILES string of the molecule is CCCCCSC[C@H](NC(=O)N(CCC)C(=O)c1cccc(C#Cc2ccccc2)c1)C(=O)O. The topological polar surface area (TPSA) is 86.7 Å². The van der Waals surface area contributed by atoms with Gasteiger partial charge in [0.1, 0.15) is 6.04 Å². The number of unbranched alkanes of at least 4 members (excludes halogenated alkanes) is 2. The lowest BCUT2D eigenvalue weighted by atomic mass is 10.1. The summed E-state index contributed by atoms with van der Waals surface area (Å²) in [5.74, 6) is 5.58. The molecule has 0 aromatic heterocycles. The van der Waals surface area contributed by atoms with Gasteiger partial charge in [0, 0.05) is 29.0 Å². The molecule has 2 rings (SSSR count). The first kappa shape index (κ1) is 27.0. The van der Waals surface area contributed by atoms with Crippen LogP contribution in [-0.2, 0) is 4.79 Å². The highest BCUT2D eigenvalue weighted by atomic mass is 32.2. The number of benzene rings is 2. The number of nitrogens with zero attached hydrogens (tertiary/aromatic N) is 1. The van der Waals surface area contributed by atoms with Crippen molar-refractivity contribution >= 4 is 29.7 Å². The smallest absolute Gasteiger partial charge is 0.327 e. The molecule has 0 saturated carbocycles. The van der Waals surface area contributed by atoms with Crippen molar-refractivity contribution in [1.82, 2.24) is 10.2 Å². The van der Waals surface area contributed by atoms with Gasteiger partial charge in [0.2, 0.25) is 0 Å². The van der Waals surface area contributed by atoms with E-state index in [4.69, 9.17) is 0 Å². The Morgan fingerprint density at radius 3 is 2.35 bits per heavy atom. The van der Waals surface area contributed by atoms with Gasteiger partial charge < -0.3 is 10.4 Å². The summed E-state index contributed by atoms with van der Waals surface area (Å²) in [6.07, 6.45) is 3.74. The summed E-state index contributed by atoms with van der Waals surface area (Å²) in [6.45, 7) is 4.14. The van der Waals surface area contributed by atoms with Crippen LogP contribution in [0.4, 0.5) is 4.79 Å². The Balaban J connectivity index is 2.10. The zero-order valence-electron chi connectivity index (χ0n) is 19.8. The van der Waals surface area contributed by atoms with Crippen LogP contribution in [0.1, 0.15) is 61.0 Å². The van der Waals surface area contributed by atoms with Crippen LogP contribution < -0.4 is 5.32 Å². The second-order valence-electron chi connectivity index (χ2n) is 7.78. The number of aliphatic carboxylic acids is 1. The second kappa shape index (κ2) is 14.8. The second-order valence-corrected chi connectivity index (χ2v) is 8.93. The summed E-state index contributed by atoms with van der Waals surface area (Å²) in [4.78, 5) is 38.8. The number of carboxylic acids is 1. The molecule has 3 amide bonds. The Bertz CT molecular complexity index is 1010. The minimum Gasteiger partial charge on any atom is -0.480 e. The van der Waals surface area contributed by atoms with Crippen molar-refractivity contribution in [2.45, 2.75) is 45.6 Å². The fourth-order valence-corrected chi connectivity index (χ4v) is 4.16. The van der Waals surface area contributed by atoms with Crippen LogP contribution in [-0.4, -0.2) is 52.0 Å². The summed E-state index contributed by atoms with van der Waals surface area (Å²) in [6, 6.07) is 14.5. The van der Waals surface area contributed by atoms with E-state index in [1.54, 1.807) is 24.3 Å². The van der Waals surface area contributed by atoms with Gasteiger partial charge in [-0.05, 0) is 48.9 Å². The molecule has 0 bridgehead atoms. The van der Waals surface area contributed by atoms with Gasteiger partial charge in [0.05, 0.1) is 0 Å². The third-order valence-corrected chi connectivity index (χ3v) is 6.09. The van der Waals surface area contributed by atoms with Crippen LogP contribution in [0.2, 0.25) is 0 Å². The molecule has 0 fully saturated rings. The molecule has 2 aromatic rings. The number of thioether (sulfide) groups is 1. The molecule has 0 saturated heterocycles. The van der Waals surface area contributed by atoms with Gasteiger partial charge in [-0.2, -0.15) is 11.8 Å². The molecule has 0 spiro atoms. The predicted molar refractivity (Wildman–Crippen MR) is 137 cm³/mol. The summed E-state index contributed by atoms with van der Waals surface area (Å²) < 4.78 is 0. The molecule has 7 heteroatoms. The van der Waals surface area contributed by atoms with E-state index in [1.165, 1.54) is 11.8 Å². The van der Waals surface area contributed by atoms with E-state index >= 15 is 0 Å². The van der Waals surface area contributed by atoms with Gasteiger partial charge in [-0.25, -0.2) is 9.59 Å². The Labute approximate surface area is 206 Å². The Hall–Kier alpha value is -3.24. The highest BCUT2D eigenvalue weighted by Gasteiger charge is 2.27. The van der Waals surface area contributed by atoms with Crippen LogP contribution in [0.15, 0.2) is 54.6 Å². The zero-order valence-corrected chi connectivity index (χ0v) is 20.6. The molecule has 0 aliphatic carbocycles. The third kappa shape index (κ3) is 8.95. The van der Waals surface area contributed by atoms with Crippen molar-refractivity contribution in [2.24, 2.45) is 0 Å². The zero-order chi connectivity index (χ0) is 24.8. The lowest BCUT2D eigenvalue weighted by Gasteiger charge is -2.23. The number of hydrogen-bond acceptors (Lipinski definition) is 4. The van der Waals surface area contributed by atoms with Crippen LogP contribution in [0.25, 0.3) is 0 Å². The molecule has 2 aromatic carbocycles. The average molecular weight is 481 g/mol. The molecule has 0 heterocycles. The van der Waals surface area contributed by atoms with E-state index in [-0.39, 0.29) is 12.3 Å². The maximum atomic E-state index is 13.2. The number of rotatable bonds is 11. The van der Waals surface area contributed by atoms with Crippen molar-refractivity contribution < 1.29 is 19.5 Å². The lowest BCUT2D eigenvalue weighted by Crippen LogP contribution is -2.51. The standard InChI is InChI=1S/C27H32N2O4S/c1-3-5-9-18-34-20-24(26(31)32)28-27(33)29(17-4-2)25(30)23-14-10-13-22(19-23)16-15-21-11-7-6-8-12-21/h6-8,10-14,19,24H,3-5,9,17-18,20H2,1-2H3,(H,28,33)(H,31,32)/t24-/m0/s1. The minimum atomic E-state index is -1.11. The summed E-state index contributed by atoms with van der Waals surface area (Å²) in [5.41, 5.74) is 1.83. The van der Waals surface area contributed by atoms with Crippen molar-refractivity contribution in [3.05, 3.63) is 71.3 Å². The lowest BCUT2D eigenvalue weighted by molar-refractivity contribution is -0.138. The molecule has 6 nitrogen and oxygen atoms in total. The van der Waals surface area contributed by atoms with E-state index in [9.17, 15) is 19.5 Å². The Kier molecular flexibility index (Phi) is 11.8. The Morgan fingerprint density at radius 1 is 0.971 bits per heavy atom. The van der Waals surface area contributed by atoms with Gasteiger partial charge in [-0.15, -0.1) is 0 Å². The fourth-order valence-electron chi connectivity index (χ4n) is 3.13. The van der Waals surface area contributed by atoms with Gasteiger partial charge in [0.25, 0.3) is 5.91 Å². The first-order valence-corrected chi connectivity index (χ1v) is 12.7. The molecule has 0 radical (unpaired) electrons. The van der Waals surface area contributed by atoms with E-state index in [1.807, 2.05) is 37.3 Å². The molecule has 0 aliphatic rings. The molecule has 1 atom stereocenters. The average Bonchev–Trinajstić information content (AvgIpc) is 2.85. The van der Waals surface area contributed by atoms with Crippen LogP contribution >= 0.6 is 11.8 Å². The third-order valence-electron chi connectivity index (χ3n) is 4.94. The van der Waals surface area contributed by atoms with Gasteiger partial charge in [-0.3, -0.25) is 9.69 Å². The van der Waals surface area contributed by atoms with Crippen LogP contribution in [0.5, 0.6) is 0 Å². The molecule has 0 unspecified atom stereocenters.